The number of hydrogen-bond donors (Lipinski definition) is 1. The smallest absolute Gasteiger partial charge is 0.270 e. The van der Waals surface area contributed by atoms with Crippen LogP contribution in [0.5, 0.6) is 0 Å². The second kappa shape index (κ2) is 8.84. The highest BCUT2D eigenvalue weighted by atomic mass is 35.5. The van der Waals surface area contributed by atoms with Crippen molar-refractivity contribution < 1.29 is 9.59 Å². The number of benzene rings is 2. The molecule has 2 aromatic carbocycles. The molecule has 2 heterocycles. The first kappa shape index (κ1) is 22.8. The van der Waals surface area contributed by atoms with E-state index in [9.17, 15) is 9.59 Å². The standard InChI is InChI=1S/C25H23ClN4O2S/c1-15-13-17(16(2)29(15)19-11-9-18(10-12-19)28(3)4)14-20-23(31)27-25(33)30(24(20)32)22-8-6-5-7-21(22)26/h5-14H,1-4H3,(H,27,31,33)/b20-14+. The normalized spacial score (nSPS) is 15.2. The Morgan fingerprint density at radius 3 is 2.33 bits per heavy atom. The highest BCUT2D eigenvalue weighted by molar-refractivity contribution is 7.80. The summed E-state index contributed by atoms with van der Waals surface area (Å²) in [6.07, 6.45) is 1.61. The third kappa shape index (κ3) is 4.17. The number of aromatic nitrogens is 1. The minimum atomic E-state index is -0.534. The Balaban J connectivity index is 1.74. The van der Waals surface area contributed by atoms with E-state index in [-0.39, 0.29) is 10.7 Å². The maximum Gasteiger partial charge on any atom is 0.270 e. The number of nitrogens with zero attached hydrogens (tertiary/aromatic N) is 3. The Morgan fingerprint density at radius 1 is 1.03 bits per heavy atom. The van der Waals surface area contributed by atoms with Gasteiger partial charge in [0.1, 0.15) is 5.57 Å². The van der Waals surface area contributed by atoms with E-state index >= 15 is 0 Å². The van der Waals surface area contributed by atoms with Crippen molar-refractivity contribution in [1.82, 2.24) is 9.88 Å². The van der Waals surface area contributed by atoms with Crippen LogP contribution in [0.1, 0.15) is 17.0 Å². The predicted octanol–water partition coefficient (Wildman–Crippen LogP) is 4.64. The van der Waals surface area contributed by atoms with Crippen LogP contribution in [0, 0.1) is 13.8 Å². The van der Waals surface area contributed by atoms with Gasteiger partial charge in [0.15, 0.2) is 5.11 Å². The zero-order chi connectivity index (χ0) is 23.9. The lowest BCUT2D eigenvalue weighted by Crippen LogP contribution is -2.54. The Bertz CT molecular complexity index is 1310. The zero-order valence-corrected chi connectivity index (χ0v) is 20.3. The third-order valence-electron chi connectivity index (χ3n) is 5.59. The Morgan fingerprint density at radius 2 is 1.70 bits per heavy atom. The molecule has 2 amide bonds. The molecule has 168 valence electrons. The van der Waals surface area contributed by atoms with Gasteiger partial charge in [-0.2, -0.15) is 0 Å². The maximum absolute atomic E-state index is 13.3. The van der Waals surface area contributed by atoms with Crippen LogP contribution in [0.2, 0.25) is 5.02 Å². The Hall–Kier alpha value is -3.42. The van der Waals surface area contributed by atoms with Gasteiger partial charge in [-0.15, -0.1) is 0 Å². The molecule has 6 nitrogen and oxygen atoms in total. The van der Waals surface area contributed by atoms with E-state index in [0.29, 0.717) is 10.7 Å². The Kier molecular flexibility index (Phi) is 6.10. The highest BCUT2D eigenvalue weighted by Gasteiger charge is 2.35. The molecule has 0 atom stereocenters. The van der Waals surface area contributed by atoms with E-state index in [2.05, 4.69) is 9.88 Å². The van der Waals surface area contributed by atoms with Crippen LogP contribution in [-0.2, 0) is 9.59 Å². The van der Waals surface area contributed by atoms with Crippen molar-refractivity contribution in [2.24, 2.45) is 0 Å². The number of nitrogens with one attached hydrogen (secondary N) is 1. The molecule has 0 spiro atoms. The number of carbonyl (C=O) groups is 2. The van der Waals surface area contributed by atoms with Crippen LogP contribution in [0.3, 0.4) is 0 Å². The molecule has 0 bridgehead atoms. The number of rotatable bonds is 4. The summed E-state index contributed by atoms with van der Waals surface area (Å²) in [5.74, 6) is -1.05. The van der Waals surface area contributed by atoms with Crippen molar-refractivity contribution in [3.8, 4) is 5.69 Å². The second-order valence-electron chi connectivity index (χ2n) is 7.98. The lowest BCUT2D eigenvalue weighted by Gasteiger charge is -2.29. The van der Waals surface area contributed by atoms with E-state index in [1.54, 1.807) is 30.3 Å². The van der Waals surface area contributed by atoms with Crippen LogP contribution < -0.4 is 15.1 Å². The first-order chi connectivity index (χ1) is 15.7. The molecule has 1 aliphatic heterocycles. The van der Waals surface area contributed by atoms with E-state index in [0.717, 1.165) is 28.3 Å². The van der Waals surface area contributed by atoms with Gasteiger partial charge in [-0.25, -0.2) is 0 Å². The minimum absolute atomic E-state index is 0.00158. The lowest BCUT2D eigenvalue weighted by atomic mass is 10.1. The van der Waals surface area contributed by atoms with Gasteiger partial charge in [0, 0.05) is 36.9 Å². The molecular formula is C25H23ClN4O2S. The van der Waals surface area contributed by atoms with Gasteiger partial charge in [0.25, 0.3) is 11.8 Å². The second-order valence-corrected chi connectivity index (χ2v) is 8.78. The van der Waals surface area contributed by atoms with E-state index in [1.807, 2.05) is 63.2 Å². The summed E-state index contributed by atoms with van der Waals surface area (Å²) in [5, 5.41) is 2.97. The molecule has 1 aromatic heterocycles. The average molecular weight is 479 g/mol. The summed E-state index contributed by atoms with van der Waals surface area (Å²) in [7, 11) is 3.99. The van der Waals surface area contributed by atoms with Crippen molar-refractivity contribution in [3.63, 3.8) is 0 Å². The van der Waals surface area contributed by atoms with Gasteiger partial charge < -0.3 is 9.47 Å². The van der Waals surface area contributed by atoms with Gasteiger partial charge in [-0.3, -0.25) is 19.8 Å². The van der Waals surface area contributed by atoms with Crippen LogP contribution >= 0.6 is 23.8 Å². The molecule has 3 aromatic rings. The number of anilines is 2. The van der Waals surface area contributed by atoms with Gasteiger partial charge in [-0.1, -0.05) is 23.7 Å². The molecule has 8 heteroatoms. The molecule has 1 N–H and O–H groups in total. The fraction of sp³-hybridized carbons (Fsp3) is 0.160. The fourth-order valence-electron chi connectivity index (χ4n) is 3.90. The summed E-state index contributed by atoms with van der Waals surface area (Å²) < 4.78 is 2.09. The number of para-hydroxylation sites is 1. The quantitative estimate of drug-likeness (QED) is 0.337. The first-order valence-corrected chi connectivity index (χ1v) is 11.1. The maximum atomic E-state index is 13.3. The summed E-state index contributed by atoms with van der Waals surface area (Å²) >= 11 is 11.6. The molecule has 0 aliphatic carbocycles. The van der Waals surface area contributed by atoms with Crippen LogP contribution in [-0.4, -0.2) is 35.6 Å². The van der Waals surface area contributed by atoms with E-state index in [4.69, 9.17) is 23.8 Å². The fourth-order valence-corrected chi connectivity index (χ4v) is 4.39. The van der Waals surface area contributed by atoms with Crippen molar-refractivity contribution in [2.45, 2.75) is 13.8 Å². The average Bonchev–Trinajstić information content (AvgIpc) is 3.05. The summed E-state index contributed by atoms with van der Waals surface area (Å²) in [4.78, 5) is 29.3. The van der Waals surface area contributed by atoms with Gasteiger partial charge in [0.05, 0.1) is 10.7 Å². The molecule has 0 radical (unpaired) electrons. The molecule has 4 rings (SSSR count). The van der Waals surface area contributed by atoms with Crippen LogP contribution in [0.15, 0.2) is 60.2 Å². The number of halogens is 1. The van der Waals surface area contributed by atoms with E-state index in [1.165, 1.54) is 4.90 Å². The molecule has 1 aliphatic rings. The molecule has 0 saturated carbocycles. The lowest BCUT2D eigenvalue weighted by molar-refractivity contribution is -0.122. The van der Waals surface area contributed by atoms with Crippen LogP contribution in [0.25, 0.3) is 11.8 Å². The molecule has 1 fully saturated rings. The third-order valence-corrected chi connectivity index (χ3v) is 6.19. The summed E-state index contributed by atoms with van der Waals surface area (Å²) in [5.41, 5.74) is 5.19. The summed E-state index contributed by atoms with van der Waals surface area (Å²) in [6.45, 7) is 3.95. The number of thiocarbonyl (C=S) groups is 1. The van der Waals surface area contributed by atoms with Crippen LogP contribution in [0.4, 0.5) is 11.4 Å². The monoisotopic (exact) mass is 478 g/mol. The Labute approximate surface area is 203 Å². The SMILES string of the molecule is Cc1cc(/C=C2\C(=O)NC(=S)N(c3ccccc3Cl)C2=O)c(C)n1-c1ccc(N(C)C)cc1. The van der Waals surface area contributed by atoms with E-state index < -0.39 is 11.8 Å². The number of hydrogen-bond acceptors (Lipinski definition) is 4. The highest BCUT2D eigenvalue weighted by Crippen LogP contribution is 2.30. The topological polar surface area (TPSA) is 57.6 Å². The van der Waals surface area contributed by atoms with Crippen molar-refractivity contribution in [2.75, 3.05) is 23.9 Å². The predicted molar refractivity (Wildman–Crippen MR) is 137 cm³/mol. The molecule has 0 unspecified atom stereocenters. The van der Waals surface area contributed by atoms with Gasteiger partial charge in [-0.05, 0) is 80.2 Å². The van der Waals surface area contributed by atoms with Gasteiger partial charge in [0.2, 0.25) is 0 Å². The first-order valence-electron chi connectivity index (χ1n) is 10.3. The molecule has 33 heavy (non-hydrogen) atoms. The van der Waals surface area contributed by atoms with Crippen molar-refractivity contribution >= 4 is 58.2 Å². The molecular weight excluding hydrogens is 456 g/mol. The zero-order valence-electron chi connectivity index (χ0n) is 18.7. The number of aryl methyl sites for hydroxylation is 1. The van der Waals surface area contributed by atoms with Crippen molar-refractivity contribution in [3.05, 3.63) is 82.1 Å². The largest absolute Gasteiger partial charge is 0.378 e. The number of carbonyl (C=O) groups excluding carboxylic acids is 2. The molecule has 1 saturated heterocycles. The van der Waals surface area contributed by atoms with Gasteiger partial charge >= 0.3 is 0 Å². The summed E-state index contributed by atoms with van der Waals surface area (Å²) in [6, 6.07) is 17.0. The van der Waals surface area contributed by atoms with Crippen molar-refractivity contribution in [1.29, 1.82) is 0 Å². The minimum Gasteiger partial charge on any atom is -0.378 e. The number of amides is 2.